The fraction of sp³-hybridized carbons (Fsp3) is 0.0833. The summed E-state index contributed by atoms with van der Waals surface area (Å²) in [6.07, 6.45) is 3.83. The first-order valence-corrected chi connectivity index (χ1v) is 8.77. The molecule has 126 valence electrons. The van der Waals surface area contributed by atoms with Gasteiger partial charge in [-0.2, -0.15) is 0 Å². The SMILES string of the molecule is Cc1ccc(-c2ccccc2-c2ccccc2-c2ccc(C)cn2)nc1. The van der Waals surface area contributed by atoms with Crippen molar-refractivity contribution in [2.24, 2.45) is 0 Å². The van der Waals surface area contributed by atoms with Crippen LogP contribution in [0, 0.1) is 13.8 Å². The molecule has 0 spiro atoms. The van der Waals surface area contributed by atoms with Gasteiger partial charge in [-0.3, -0.25) is 9.97 Å². The zero-order chi connectivity index (χ0) is 17.9. The Hall–Kier alpha value is -3.26. The van der Waals surface area contributed by atoms with Crippen molar-refractivity contribution in [2.75, 3.05) is 0 Å². The van der Waals surface area contributed by atoms with Crippen LogP contribution in [0.1, 0.15) is 11.1 Å². The Morgan fingerprint density at radius 3 is 1.19 bits per heavy atom. The number of aromatic nitrogens is 2. The number of hydrogen-bond donors (Lipinski definition) is 0. The first kappa shape index (κ1) is 16.2. The summed E-state index contributed by atoms with van der Waals surface area (Å²) in [7, 11) is 0. The van der Waals surface area contributed by atoms with Crippen molar-refractivity contribution < 1.29 is 0 Å². The summed E-state index contributed by atoms with van der Waals surface area (Å²) in [5, 5.41) is 0. The lowest BCUT2D eigenvalue weighted by atomic mass is 9.92. The van der Waals surface area contributed by atoms with Crippen molar-refractivity contribution in [2.45, 2.75) is 13.8 Å². The molecule has 2 nitrogen and oxygen atoms in total. The van der Waals surface area contributed by atoms with Gasteiger partial charge in [-0.1, -0.05) is 60.7 Å². The van der Waals surface area contributed by atoms with Crippen molar-refractivity contribution in [3.8, 4) is 33.6 Å². The Kier molecular flexibility index (Phi) is 4.32. The second kappa shape index (κ2) is 6.93. The summed E-state index contributed by atoms with van der Waals surface area (Å²) in [5.74, 6) is 0. The minimum atomic E-state index is 0.984. The van der Waals surface area contributed by atoms with Gasteiger partial charge in [-0.25, -0.2) is 0 Å². The van der Waals surface area contributed by atoms with E-state index in [2.05, 4.69) is 96.6 Å². The molecule has 2 aromatic heterocycles. The highest BCUT2D eigenvalue weighted by Gasteiger charge is 2.13. The van der Waals surface area contributed by atoms with E-state index in [1.54, 1.807) is 0 Å². The van der Waals surface area contributed by atoms with Gasteiger partial charge in [0.1, 0.15) is 0 Å². The fourth-order valence-corrected chi connectivity index (χ4v) is 3.14. The van der Waals surface area contributed by atoms with Crippen LogP contribution in [0.5, 0.6) is 0 Å². The van der Waals surface area contributed by atoms with E-state index < -0.39 is 0 Å². The molecular weight excluding hydrogens is 316 g/mol. The molecule has 0 saturated carbocycles. The third-order valence-corrected chi connectivity index (χ3v) is 4.52. The fourth-order valence-electron chi connectivity index (χ4n) is 3.14. The predicted molar refractivity (Wildman–Crippen MR) is 108 cm³/mol. The van der Waals surface area contributed by atoms with E-state index >= 15 is 0 Å². The minimum absolute atomic E-state index is 0.984. The monoisotopic (exact) mass is 336 g/mol. The molecule has 4 rings (SSSR count). The van der Waals surface area contributed by atoms with E-state index in [1.807, 2.05) is 12.4 Å². The topological polar surface area (TPSA) is 25.8 Å². The molecule has 0 fully saturated rings. The first-order chi connectivity index (χ1) is 12.7. The molecule has 2 heteroatoms. The van der Waals surface area contributed by atoms with E-state index in [4.69, 9.17) is 0 Å². The highest BCUT2D eigenvalue weighted by atomic mass is 14.7. The molecule has 0 N–H and O–H groups in total. The smallest absolute Gasteiger partial charge is 0.0708 e. The number of aryl methyl sites for hydroxylation is 2. The molecule has 0 unspecified atom stereocenters. The molecule has 0 amide bonds. The molecule has 2 heterocycles. The summed E-state index contributed by atoms with van der Waals surface area (Å²) in [6, 6.07) is 25.2. The average molecular weight is 336 g/mol. The van der Waals surface area contributed by atoms with Crippen molar-refractivity contribution in [1.82, 2.24) is 9.97 Å². The highest BCUT2D eigenvalue weighted by Crippen LogP contribution is 2.36. The van der Waals surface area contributed by atoms with Gasteiger partial charge in [0.25, 0.3) is 0 Å². The lowest BCUT2D eigenvalue weighted by Crippen LogP contribution is -1.92. The van der Waals surface area contributed by atoms with Gasteiger partial charge in [-0.15, -0.1) is 0 Å². The van der Waals surface area contributed by atoms with Crippen molar-refractivity contribution in [3.63, 3.8) is 0 Å². The molecular formula is C24H20N2. The quantitative estimate of drug-likeness (QED) is 0.452. The Labute approximate surface area is 154 Å². The summed E-state index contributed by atoms with van der Waals surface area (Å²) in [5.41, 5.74) is 8.89. The van der Waals surface area contributed by atoms with Crippen molar-refractivity contribution >= 4 is 0 Å². The van der Waals surface area contributed by atoms with Crippen LogP contribution in [-0.2, 0) is 0 Å². The summed E-state index contributed by atoms with van der Waals surface area (Å²) in [6.45, 7) is 4.11. The number of hydrogen-bond acceptors (Lipinski definition) is 2. The Morgan fingerprint density at radius 1 is 0.462 bits per heavy atom. The van der Waals surface area contributed by atoms with Crippen LogP contribution in [0.15, 0.2) is 85.2 Å². The number of pyridine rings is 2. The van der Waals surface area contributed by atoms with Crippen molar-refractivity contribution in [1.29, 1.82) is 0 Å². The Bertz CT molecular complexity index is 945. The average Bonchev–Trinajstić information content (AvgIpc) is 2.69. The summed E-state index contributed by atoms with van der Waals surface area (Å²) < 4.78 is 0. The molecule has 0 radical (unpaired) electrons. The van der Waals surface area contributed by atoms with Crippen LogP contribution in [0.4, 0.5) is 0 Å². The number of rotatable bonds is 3. The van der Waals surface area contributed by atoms with E-state index in [9.17, 15) is 0 Å². The van der Waals surface area contributed by atoms with E-state index in [1.165, 1.54) is 11.1 Å². The van der Waals surface area contributed by atoms with E-state index in [0.717, 1.165) is 33.6 Å². The molecule has 0 saturated heterocycles. The minimum Gasteiger partial charge on any atom is -0.256 e. The van der Waals surface area contributed by atoms with Gasteiger partial charge in [0.05, 0.1) is 11.4 Å². The standard InChI is InChI=1S/C24H20N2/c1-17-11-13-23(25-15-17)21-9-5-3-7-19(21)20-8-4-6-10-22(20)24-14-12-18(2)16-26-24/h3-16H,1-2H3. The van der Waals surface area contributed by atoms with Crippen LogP contribution in [0.25, 0.3) is 33.6 Å². The Morgan fingerprint density at radius 2 is 0.846 bits per heavy atom. The molecule has 0 bridgehead atoms. The highest BCUT2D eigenvalue weighted by molar-refractivity contribution is 5.90. The van der Waals surface area contributed by atoms with Crippen molar-refractivity contribution in [3.05, 3.63) is 96.3 Å². The maximum Gasteiger partial charge on any atom is 0.0708 e. The summed E-state index contributed by atoms with van der Waals surface area (Å²) in [4.78, 5) is 9.27. The molecule has 2 aromatic carbocycles. The summed E-state index contributed by atoms with van der Waals surface area (Å²) >= 11 is 0. The zero-order valence-electron chi connectivity index (χ0n) is 15.0. The van der Waals surface area contributed by atoms with Gasteiger partial charge in [0, 0.05) is 23.5 Å². The number of nitrogens with zero attached hydrogens (tertiary/aromatic N) is 2. The molecule has 4 aromatic rings. The predicted octanol–water partition coefficient (Wildman–Crippen LogP) is 6.09. The first-order valence-electron chi connectivity index (χ1n) is 8.77. The van der Waals surface area contributed by atoms with E-state index in [0.29, 0.717) is 0 Å². The third-order valence-electron chi connectivity index (χ3n) is 4.52. The van der Waals surface area contributed by atoms with Gasteiger partial charge in [0.2, 0.25) is 0 Å². The van der Waals surface area contributed by atoms with Crippen LogP contribution in [0.2, 0.25) is 0 Å². The second-order valence-electron chi connectivity index (χ2n) is 6.53. The number of benzene rings is 2. The van der Waals surface area contributed by atoms with Gasteiger partial charge in [0.15, 0.2) is 0 Å². The second-order valence-corrected chi connectivity index (χ2v) is 6.53. The van der Waals surface area contributed by atoms with Crippen LogP contribution in [0.3, 0.4) is 0 Å². The lowest BCUT2D eigenvalue weighted by Gasteiger charge is -2.14. The lowest BCUT2D eigenvalue weighted by molar-refractivity contribution is 1.26. The van der Waals surface area contributed by atoms with Crippen LogP contribution in [-0.4, -0.2) is 9.97 Å². The largest absolute Gasteiger partial charge is 0.256 e. The van der Waals surface area contributed by atoms with Crippen LogP contribution < -0.4 is 0 Å². The van der Waals surface area contributed by atoms with Gasteiger partial charge in [-0.05, 0) is 48.2 Å². The van der Waals surface area contributed by atoms with E-state index in [-0.39, 0.29) is 0 Å². The Balaban J connectivity index is 1.90. The zero-order valence-corrected chi connectivity index (χ0v) is 15.0. The third kappa shape index (κ3) is 3.14. The molecule has 0 aliphatic heterocycles. The molecule has 0 aliphatic rings. The molecule has 26 heavy (non-hydrogen) atoms. The van der Waals surface area contributed by atoms with Gasteiger partial charge < -0.3 is 0 Å². The van der Waals surface area contributed by atoms with Gasteiger partial charge >= 0.3 is 0 Å². The molecule has 0 atom stereocenters. The van der Waals surface area contributed by atoms with Crippen LogP contribution >= 0.6 is 0 Å². The normalized spacial score (nSPS) is 10.7. The maximum atomic E-state index is 4.63. The molecule has 0 aliphatic carbocycles. The maximum absolute atomic E-state index is 4.63.